The molecule has 3 aromatic carbocycles. The zero-order valence-electron chi connectivity index (χ0n) is 25.2. The number of hydrogen-bond donors (Lipinski definition) is 3. The standard InChI is InChI=1S/C20H29NO.C15H13NO4/c1-13(2)14-6-8-16-15(12-14)7-9-17-19(16,3)10-5-11-20(17,4)18(21)22;1-10(17)16-11-6-8-12(9-7-11)20-15(19)13-4-2-3-5-14(13)18/h6,8,12-13,17H,5,7,9-11H2,1-4H3,(H2,21,22);2-9,18H,1H3,(H,16,17). The molecule has 0 heterocycles. The van der Waals surface area contributed by atoms with Crippen molar-refractivity contribution in [3.05, 3.63) is 89.0 Å². The van der Waals surface area contributed by atoms with E-state index in [1.54, 1.807) is 36.4 Å². The first-order valence-corrected chi connectivity index (χ1v) is 14.7. The number of hydrogen-bond acceptors (Lipinski definition) is 5. The number of carbonyl (C=O) groups is 3. The van der Waals surface area contributed by atoms with E-state index in [1.807, 2.05) is 0 Å². The number of fused-ring (bicyclic) bond motifs is 3. The lowest BCUT2D eigenvalue weighted by Gasteiger charge is -2.54. The molecule has 222 valence electrons. The Morgan fingerprint density at radius 3 is 2.31 bits per heavy atom. The number of anilines is 1. The van der Waals surface area contributed by atoms with Crippen molar-refractivity contribution < 1.29 is 24.2 Å². The van der Waals surface area contributed by atoms with Crippen LogP contribution in [0.4, 0.5) is 5.69 Å². The molecule has 7 heteroatoms. The minimum absolute atomic E-state index is 0.0958. The van der Waals surface area contributed by atoms with Gasteiger partial charge < -0.3 is 20.9 Å². The quantitative estimate of drug-likeness (QED) is 0.228. The summed E-state index contributed by atoms with van der Waals surface area (Å²) < 4.78 is 5.13. The molecule has 5 rings (SSSR count). The van der Waals surface area contributed by atoms with E-state index in [1.165, 1.54) is 42.2 Å². The number of para-hydroxylation sites is 1. The van der Waals surface area contributed by atoms with Gasteiger partial charge in [-0.15, -0.1) is 0 Å². The Bertz CT molecular complexity index is 1460. The Morgan fingerprint density at radius 1 is 1.00 bits per heavy atom. The highest BCUT2D eigenvalue weighted by Gasteiger charge is 2.54. The van der Waals surface area contributed by atoms with Gasteiger partial charge in [0.05, 0.1) is 0 Å². The summed E-state index contributed by atoms with van der Waals surface area (Å²) in [4.78, 5) is 34.9. The maximum absolute atomic E-state index is 12.2. The summed E-state index contributed by atoms with van der Waals surface area (Å²) in [6.07, 6.45) is 5.39. The third-order valence-electron chi connectivity index (χ3n) is 9.12. The number of esters is 1. The van der Waals surface area contributed by atoms with Crippen molar-refractivity contribution in [2.75, 3.05) is 5.32 Å². The molecule has 2 amide bonds. The number of primary amides is 1. The lowest BCUT2D eigenvalue weighted by molar-refractivity contribution is -0.135. The first kappa shape index (κ1) is 30.8. The van der Waals surface area contributed by atoms with Gasteiger partial charge in [-0.25, -0.2) is 4.79 Å². The Hall–Kier alpha value is -4.13. The number of benzene rings is 3. The second-order valence-electron chi connectivity index (χ2n) is 12.3. The van der Waals surface area contributed by atoms with Gasteiger partial charge in [0.1, 0.15) is 17.1 Å². The number of nitrogens with two attached hydrogens (primary N) is 1. The van der Waals surface area contributed by atoms with Crippen LogP contribution in [0.15, 0.2) is 66.7 Å². The lowest BCUT2D eigenvalue weighted by Crippen LogP contribution is -2.54. The van der Waals surface area contributed by atoms with Crippen LogP contribution in [0.1, 0.15) is 93.3 Å². The van der Waals surface area contributed by atoms with Crippen LogP contribution in [0.3, 0.4) is 0 Å². The average molecular weight is 571 g/mol. The van der Waals surface area contributed by atoms with Gasteiger partial charge in [-0.05, 0) is 96.0 Å². The van der Waals surface area contributed by atoms with E-state index in [4.69, 9.17) is 10.5 Å². The summed E-state index contributed by atoms with van der Waals surface area (Å²) in [6, 6.07) is 19.5. The van der Waals surface area contributed by atoms with Gasteiger partial charge in [-0.1, -0.05) is 64.4 Å². The molecule has 1 fully saturated rings. The maximum Gasteiger partial charge on any atom is 0.347 e. The highest BCUT2D eigenvalue weighted by molar-refractivity contribution is 5.94. The van der Waals surface area contributed by atoms with Crippen molar-refractivity contribution in [1.82, 2.24) is 0 Å². The van der Waals surface area contributed by atoms with E-state index >= 15 is 0 Å². The number of rotatable bonds is 5. The Labute approximate surface area is 248 Å². The molecule has 0 bridgehead atoms. The van der Waals surface area contributed by atoms with Gasteiger partial charge in [0.25, 0.3) is 0 Å². The fraction of sp³-hybridized carbons (Fsp3) is 0.400. The van der Waals surface area contributed by atoms with Crippen LogP contribution in [0.25, 0.3) is 0 Å². The minimum Gasteiger partial charge on any atom is -0.507 e. The summed E-state index contributed by atoms with van der Waals surface area (Å²) in [5.74, 6) is 0.214. The number of nitrogens with one attached hydrogen (secondary N) is 1. The molecule has 0 saturated heterocycles. The molecule has 7 nitrogen and oxygen atoms in total. The van der Waals surface area contributed by atoms with Crippen LogP contribution in [0.5, 0.6) is 11.5 Å². The van der Waals surface area contributed by atoms with Crippen LogP contribution in [-0.4, -0.2) is 22.9 Å². The molecule has 3 atom stereocenters. The number of aromatic hydroxyl groups is 1. The first-order valence-electron chi connectivity index (χ1n) is 14.7. The second kappa shape index (κ2) is 12.4. The molecule has 2 aliphatic rings. The molecule has 0 aromatic heterocycles. The summed E-state index contributed by atoms with van der Waals surface area (Å²) in [7, 11) is 0. The van der Waals surface area contributed by atoms with Gasteiger partial charge in [-0.3, -0.25) is 9.59 Å². The van der Waals surface area contributed by atoms with Crippen molar-refractivity contribution in [3.63, 3.8) is 0 Å². The van der Waals surface area contributed by atoms with E-state index in [-0.39, 0.29) is 34.0 Å². The highest BCUT2D eigenvalue weighted by atomic mass is 16.5. The topological polar surface area (TPSA) is 119 Å². The molecule has 3 unspecified atom stereocenters. The van der Waals surface area contributed by atoms with Crippen LogP contribution in [0, 0.1) is 11.3 Å². The minimum atomic E-state index is -0.643. The normalized spacial score (nSPS) is 22.6. The largest absolute Gasteiger partial charge is 0.507 e. The van der Waals surface area contributed by atoms with Crippen molar-refractivity contribution >= 4 is 23.5 Å². The Kier molecular flexibility index (Phi) is 9.09. The lowest BCUT2D eigenvalue weighted by atomic mass is 9.49. The Balaban J connectivity index is 0.000000194. The summed E-state index contributed by atoms with van der Waals surface area (Å²) in [5.41, 5.74) is 10.7. The molecule has 42 heavy (non-hydrogen) atoms. The van der Waals surface area contributed by atoms with Crippen molar-refractivity contribution in [2.24, 2.45) is 17.1 Å². The van der Waals surface area contributed by atoms with Gasteiger partial charge in [0.2, 0.25) is 11.8 Å². The molecule has 2 aliphatic carbocycles. The highest BCUT2D eigenvalue weighted by Crippen LogP contribution is 2.57. The van der Waals surface area contributed by atoms with Crippen LogP contribution in [-0.2, 0) is 21.4 Å². The zero-order valence-corrected chi connectivity index (χ0v) is 25.2. The van der Waals surface area contributed by atoms with E-state index in [9.17, 15) is 19.5 Å². The third-order valence-corrected chi connectivity index (χ3v) is 9.12. The number of ether oxygens (including phenoxy) is 1. The van der Waals surface area contributed by atoms with E-state index in [0.29, 0.717) is 23.3 Å². The van der Waals surface area contributed by atoms with Gasteiger partial charge in [-0.2, -0.15) is 0 Å². The molecule has 0 spiro atoms. The molecular formula is C35H42N2O5. The molecule has 0 radical (unpaired) electrons. The van der Waals surface area contributed by atoms with Crippen LogP contribution in [0.2, 0.25) is 0 Å². The SMILES string of the molecule is CC(=O)Nc1ccc(OC(=O)c2ccccc2O)cc1.CC(C)c1ccc2c(c1)CCC1C(C)(C(N)=O)CCCC21C. The fourth-order valence-corrected chi connectivity index (χ4v) is 6.78. The molecule has 3 aromatic rings. The summed E-state index contributed by atoms with van der Waals surface area (Å²) in [5, 5.41) is 12.2. The summed E-state index contributed by atoms with van der Waals surface area (Å²) >= 11 is 0. The van der Waals surface area contributed by atoms with Crippen molar-refractivity contribution in [2.45, 2.75) is 78.1 Å². The molecular weight excluding hydrogens is 528 g/mol. The molecule has 0 aliphatic heterocycles. The number of aryl methyl sites for hydroxylation is 1. The molecule has 4 N–H and O–H groups in total. The monoisotopic (exact) mass is 570 g/mol. The molecule has 1 saturated carbocycles. The van der Waals surface area contributed by atoms with E-state index in [0.717, 1.165) is 25.7 Å². The second-order valence-corrected chi connectivity index (χ2v) is 12.3. The van der Waals surface area contributed by atoms with Gasteiger partial charge >= 0.3 is 5.97 Å². The van der Waals surface area contributed by atoms with E-state index < -0.39 is 5.97 Å². The van der Waals surface area contributed by atoms with Gasteiger partial charge in [0, 0.05) is 18.0 Å². The summed E-state index contributed by atoms with van der Waals surface area (Å²) in [6.45, 7) is 10.4. The van der Waals surface area contributed by atoms with Gasteiger partial charge in [0.15, 0.2) is 0 Å². The third kappa shape index (κ3) is 6.35. The van der Waals surface area contributed by atoms with E-state index in [2.05, 4.69) is 51.2 Å². The van der Waals surface area contributed by atoms with Crippen molar-refractivity contribution in [1.29, 1.82) is 0 Å². The predicted molar refractivity (Wildman–Crippen MR) is 165 cm³/mol. The number of phenolic OH excluding ortho intramolecular Hbond substituents is 1. The average Bonchev–Trinajstić information content (AvgIpc) is 2.94. The predicted octanol–water partition coefficient (Wildman–Crippen LogP) is 6.88. The van der Waals surface area contributed by atoms with Crippen molar-refractivity contribution in [3.8, 4) is 11.5 Å². The maximum atomic E-state index is 12.2. The first-order chi connectivity index (χ1) is 19.8. The number of carbonyl (C=O) groups excluding carboxylic acids is 3. The fourth-order valence-electron chi connectivity index (χ4n) is 6.78. The number of phenols is 1. The van der Waals surface area contributed by atoms with Crippen LogP contribution >= 0.6 is 0 Å². The smallest absolute Gasteiger partial charge is 0.347 e. The van der Waals surface area contributed by atoms with Crippen LogP contribution < -0.4 is 15.8 Å². The number of amides is 2. The zero-order chi connectivity index (χ0) is 30.7. The Morgan fingerprint density at radius 2 is 1.69 bits per heavy atom.